The summed E-state index contributed by atoms with van der Waals surface area (Å²) in [4.78, 5) is 24.2. The van der Waals surface area contributed by atoms with Gasteiger partial charge in [0.25, 0.3) is 0 Å². The third-order valence-corrected chi connectivity index (χ3v) is 3.14. The van der Waals surface area contributed by atoms with E-state index < -0.39 is 18.0 Å². The molecular weight excluding hydrogens is 222 g/mol. The summed E-state index contributed by atoms with van der Waals surface area (Å²) in [6.45, 7) is 3.06. The smallest absolute Gasteiger partial charge is 0.325 e. The van der Waals surface area contributed by atoms with Gasteiger partial charge in [-0.25, -0.2) is 4.79 Å². The topological polar surface area (TPSA) is 81.7 Å². The Kier molecular flexibility index (Phi) is 5.21. The predicted octanol–water partition coefficient (Wildman–Crippen LogP) is 0.243. The fourth-order valence-corrected chi connectivity index (χ4v) is 1.92. The lowest BCUT2D eigenvalue weighted by atomic mass is 10.0. The standard InChI is InChI=1S/C11H21N3O3/c1-8(10(15)16)13-11(17)12-7-9-5-3-4-6-14(9)2/h8-9H,3-7H2,1-2H3,(H,15,16)(H2,12,13,17)/t8-,9?/m1/s1. The first-order chi connectivity index (χ1) is 8.00. The van der Waals surface area contributed by atoms with E-state index in [1.54, 1.807) is 0 Å². The molecule has 0 aliphatic carbocycles. The number of aliphatic carboxylic acids is 1. The van der Waals surface area contributed by atoms with Crippen LogP contribution in [0.15, 0.2) is 0 Å². The number of piperidine rings is 1. The number of hydrogen-bond donors (Lipinski definition) is 3. The van der Waals surface area contributed by atoms with Crippen LogP contribution in [-0.2, 0) is 4.79 Å². The van der Waals surface area contributed by atoms with E-state index in [-0.39, 0.29) is 0 Å². The number of likely N-dealkylation sites (tertiary alicyclic amines) is 1. The Labute approximate surface area is 101 Å². The fraction of sp³-hybridized carbons (Fsp3) is 0.818. The normalized spacial score (nSPS) is 22.8. The second-order valence-corrected chi connectivity index (χ2v) is 4.54. The van der Waals surface area contributed by atoms with Crippen LogP contribution < -0.4 is 10.6 Å². The summed E-state index contributed by atoms with van der Waals surface area (Å²) in [7, 11) is 2.04. The highest BCUT2D eigenvalue weighted by Gasteiger charge is 2.20. The molecule has 3 N–H and O–H groups in total. The molecule has 0 spiro atoms. The zero-order valence-corrected chi connectivity index (χ0v) is 10.4. The highest BCUT2D eigenvalue weighted by molar-refractivity contribution is 5.82. The van der Waals surface area contributed by atoms with Gasteiger partial charge in [0.2, 0.25) is 0 Å². The maximum atomic E-state index is 11.4. The molecule has 0 aromatic rings. The maximum absolute atomic E-state index is 11.4. The van der Waals surface area contributed by atoms with Gasteiger partial charge in [0.1, 0.15) is 6.04 Å². The van der Waals surface area contributed by atoms with Crippen LogP contribution in [0.3, 0.4) is 0 Å². The van der Waals surface area contributed by atoms with Crippen molar-refractivity contribution in [3.05, 3.63) is 0 Å². The maximum Gasteiger partial charge on any atom is 0.325 e. The number of urea groups is 1. The van der Waals surface area contributed by atoms with Gasteiger partial charge in [-0.05, 0) is 33.4 Å². The van der Waals surface area contributed by atoms with Crippen molar-refractivity contribution in [3.8, 4) is 0 Å². The van der Waals surface area contributed by atoms with Crippen LogP contribution in [-0.4, -0.2) is 54.2 Å². The number of carboxylic acid groups (broad SMARTS) is 1. The molecule has 0 saturated carbocycles. The van der Waals surface area contributed by atoms with Crippen LogP contribution in [0.2, 0.25) is 0 Å². The van der Waals surface area contributed by atoms with Gasteiger partial charge < -0.3 is 20.6 Å². The van der Waals surface area contributed by atoms with Gasteiger partial charge in [-0.3, -0.25) is 4.79 Å². The van der Waals surface area contributed by atoms with Crippen molar-refractivity contribution in [2.75, 3.05) is 20.1 Å². The van der Waals surface area contributed by atoms with E-state index in [2.05, 4.69) is 15.5 Å². The number of hydrogen-bond acceptors (Lipinski definition) is 3. The molecule has 2 amide bonds. The number of rotatable bonds is 4. The predicted molar refractivity (Wildman–Crippen MR) is 63.9 cm³/mol. The SMILES string of the molecule is C[C@@H](NC(=O)NCC1CCCCN1C)C(=O)O. The van der Waals surface area contributed by atoms with Crippen molar-refractivity contribution in [3.63, 3.8) is 0 Å². The molecule has 1 rings (SSSR count). The highest BCUT2D eigenvalue weighted by Crippen LogP contribution is 2.13. The number of nitrogens with zero attached hydrogens (tertiary/aromatic N) is 1. The van der Waals surface area contributed by atoms with Crippen molar-refractivity contribution in [1.82, 2.24) is 15.5 Å². The largest absolute Gasteiger partial charge is 0.480 e. The van der Waals surface area contributed by atoms with Gasteiger partial charge in [-0.2, -0.15) is 0 Å². The number of carboxylic acids is 1. The molecule has 1 saturated heterocycles. The molecule has 1 unspecified atom stereocenters. The molecule has 0 aromatic heterocycles. The van der Waals surface area contributed by atoms with Crippen molar-refractivity contribution in [2.45, 2.75) is 38.3 Å². The zero-order valence-electron chi connectivity index (χ0n) is 10.4. The molecule has 0 radical (unpaired) electrons. The van der Waals surface area contributed by atoms with Crippen molar-refractivity contribution in [2.24, 2.45) is 0 Å². The van der Waals surface area contributed by atoms with E-state index in [1.807, 2.05) is 7.05 Å². The Hall–Kier alpha value is -1.30. The number of carbonyl (C=O) groups excluding carboxylic acids is 1. The minimum atomic E-state index is -1.03. The van der Waals surface area contributed by atoms with E-state index in [0.29, 0.717) is 12.6 Å². The van der Waals surface area contributed by atoms with Gasteiger partial charge in [0.15, 0.2) is 0 Å². The molecular formula is C11H21N3O3. The summed E-state index contributed by atoms with van der Waals surface area (Å²) < 4.78 is 0. The van der Waals surface area contributed by atoms with Crippen LogP contribution in [0.25, 0.3) is 0 Å². The van der Waals surface area contributed by atoms with Crippen molar-refractivity contribution >= 4 is 12.0 Å². The molecule has 1 fully saturated rings. The lowest BCUT2D eigenvalue weighted by Gasteiger charge is -2.32. The third kappa shape index (κ3) is 4.60. The first kappa shape index (κ1) is 13.8. The Morgan fingerprint density at radius 3 is 2.76 bits per heavy atom. The summed E-state index contributed by atoms with van der Waals surface area (Å²) in [6.07, 6.45) is 3.46. The zero-order chi connectivity index (χ0) is 12.8. The van der Waals surface area contributed by atoms with Gasteiger partial charge in [-0.15, -0.1) is 0 Å². The van der Waals surface area contributed by atoms with E-state index in [0.717, 1.165) is 13.0 Å². The Balaban J connectivity index is 2.25. The fourth-order valence-electron chi connectivity index (χ4n) is 1.92. The lowest BCUT2D eigenvalue weighted by molar-refractivity contribution is -0.138. The van der Waals surface area contributed by atoms with E-state index in [4.69, 9.17) is 5.11 Å². The molecule has 1 aliphatic heterocycles. The minimum absolute atomic E-state index is 0.356. The molecule has 98 valence electrons. The van der Waals surface area contributed by atoms with Crippen molar-refractivity contribution in [1.29, 1.82) is 0 Å². The summed E-state index contributed by atoms with van der Waals surface area (Å²) in [5, 5.41) is 13.7. The van der Waals surface area contributed by atoms with Crippen LogP contribution in [0.5, 0.6) is 0 Å². The minimum Gasteiger partial charge on any atom is -0.480 e. The molecule has 17 heavy (non-hydrogen) atoms. The molecule has 2 atom stereocenters. The molecule has 0 bridgehead atoms. The third-order valence-electron chi connectivity index (χ3n) is 3.14. The Morgan fingerprint density at radius 2 is 2.18 bits per heavy atom. The Morgan fingerprint density at radius 1 is 1.47 bits per heavy atom. The molecule has 1 heterocycles. The van der Waals surface area contributed by atoms with Crippen molar-refractivity contribution < 1.29 is 14.7 Å². The van der Waals surface area contributed by atoms with Crippen LogP contribution in [0, 0.1) is 0 Å². The van der Waals surface area contributed by atoms with E-state index in [1.165, 1.54) is 19.8 Å². The number of amides is 2. The van der Waals surface area contributed by atoms with Gasteiger partial charge in [-0.1, -0.05) is 6.42 Å². The van der Waals surface area contributed by atoms with Crippen LogP contribution in [0.1, 0.15) is 26.2 Å². The van der Waals surface area contributed by atoms with Gasteiger partial charge in [0, 0.05) is 12.6 Å². The average molecular weight is 243 g/mol. The quantitative estimate of drug-likeness (QED) is 0.661. The molecule has 6 heteroatoms. The first-order valence-electron chi connectivity index (χ1n) is 5.98. The monoisotopic (exact) mass is 243 g/mol. The summed E-state index contributed by atoms with van der Waals surface area (Å²) in [5.41, 5.74) is 0. The average Bonchev–Trinajstić information content (AvgIpc) is 2.27. The van der Waals surface area contributed by atoms with E-state index >= 15 is 0 Å². The van der Waals surface area contributed by atoms with E-state index in [9.17, 15) is 9.59 Å². The van der Waals surface area contributed by atoms with Gasteiger partial charge in [0.05, 0.1) is 0 Å². The first-order valence-corrected chi connectivity index (χ1v) is 5.98. The van der Waals surface area contributed by atoms with Crippen LogP contribution >= 0.6 is 0 Å². The summed E-state index contributed by atoms with van der Waals surface area (Å²) in [6, 6.07) is -0.924. The summed E-state index contributed by atoms with van der Waals surface area (Å²) in [5.74, 6) is -1.03. The highest BCUT2D eigenvalue weighted by atomic mass is 16.4. The molecule has 0 aromatic carbocycles. The van der Waals surface area contributed by atoms with Crippen LogP contribution in [0.4, 0.5) is 4.79 Å². The van der Waals surface area contributed by atoms with Gasteiger partial charge >= 0.3 is 12.0 Å². The second kappa shape index (κ2) is 6.44. The number of likely N-dealkylation sites (N-methyl/N-ethyl adjacent to an activating group) is 1. The lowest BCUT2D eigenvalue weighted by Crippen LogP contribution is -2.49. The Bertz CT molecular complexity index is 283. The number of nitrogens with one attached hydrogen (secondary N) is 2. The summed E-state index contributed by atoms with van der Waals surface area (Å²) >= 11 is 0. The molecule has 1 aliphatic rings. The molecule has 6 nitrogen and oxygen atoms in total. The number of carbonyl (C=O) groups is 2. The second-order valence-electron chi connectivity index (χ2n) is 4.54.